The lowest BCUT2D eigenvalue weighted by Gasteiger charge is -2.26. The van der Waals surface area contributed by atoms with Crippen molar-refractivity contribution >= 4 is 16.7 Å². The van der Waals surface area contributed by atoms with Crippen LogP contribution in [0.5, 0.6) is 11.5 Å². The highest BCUT2D eigenvalue weighted by Crippen LogP contribution is 2.29. The van der Waals surface area contributed by atoms with E-state index in [9.17, 15) is 9.59 Å². The van der Waals surface area contributed by atoms with Crippen molar-refractivity contribution in [1.29, 1.82) is 0 Å². The number of hydrogen-bond donors (Lipinski definition) is 1. The van der Waals surface area contributed by atoms with Crippen LogP contribution in [0.3, 0.4) is 0 Å². The maximum atomic E-state index is 13.6. The molecule has 3 aromatic rings. The van der Waals surface area contributed by atoms with Gasteiger partial charge in [-0.25, -0.2) is 5.10 Å². The summed E-state index contributed by atoms with van der Waals surface area (Å²) in [6, 6.07) is 12.5. The summed E-state index contributed by atoms with van der Waals surface area (Å²) >= 11 is 0. The molecular weight excluding hydrogens is 422 g/mol. The van der Waals surface area contributed by atoms with Gasteiger partial charge in [0.2, 0.25) is 0 Å². The van der Waals surface area contributed by atoms with E-state index >= 15 is 0 Å². The standard InChI is InChI=1S/C25H27N3O5/c1-3-12-33-21-11-10-17(14-22(21)31-2)15-28(16-18-7-6-13-32-18)25(30)23-19-8-4-5-9-20(19)24(29)27-26-23/h3-5,8-11,14,18H,1,6-7,12-13,15-16H2,2H3,(H,27,29). The number of methoxy groups -OCH3 is 1. The molecule has 33 heavy (non-hydrogen) atoms. The molecule has 2 aromatic carbocycles. The number of rotatable bonds is 9. The van der Waals surface area contributed by atoms with E-state index in [1.165, 1.54) is 0 Å². The largest absolute Gasteiger partial charge is 0.493 e. The first-order valence-electron chi connectivity index (χ1n) is 10.9. The minimum absolute atomic E-state index is 0.0416. The number of nitrogens with one attached hydrogen (secondary N) is 1. The third kappa shape index (κ3) is 5.06. The molecule has 1 aliphatic rings. The van der Waals surface area contributed by atoms with Crippen molar-refractivity contribution in [3.63, 3.8) is 0 Å². The van der Waals surface area contributed by atoms with Gasteiger partial charge in [-0.2, -0.15) is 5.10 Å². The number of carbonyl (C=O) groups excluding carboxylic acids is 1. The molecule has 2 heterocycles. The van der Waals surface area contributed by atoms with Crippen LogP contribution in [0.1, 0.15) is 28.9 Å². The number of aromatic amines is 1. The first-order chi connectivity index (χ1) is 16.1. The number of benzene rings is 2. The normalized spacial score (nSPS) is 15.4. The fourth-order valence-electron chi connectivity index (χ4n) is 3.98. The molecule has 1 aromatic heterocycles. The van der Waals surface area contributed by atoms with Crippen LogP contribution < -0.4 is 15.0 Å². The van der Waals surface area contributed by atoms with Gasteiger partial charge >= 0.3 is 0 Å². The van der Waals surface area contributed by atoms with Crippen molar-refractivity contribution in [3.8, 4) is 11.5 Å². The highest BCUT2D eigenvalue weighted by atomic mass is 16.5. The van der Waals surface area contributed by atoms with Gasteiger partial charge in [0, 0.05) is 25.1 Å². The monoisotopic (exact) mass is 449 g/mol. The lowest BCUT2D eigenvalue weighted by Crippen LogP contribution is -2.38. The van der Waals surface area contributed by atoms with Crippen LogP contribution >= 0.6 is 0 Å². The Hall–Kier alpha value is -3.65. The Morgan fingerprint density at radius 2 is 2.09 bits per heavy atom. The average Bonchev–Trinajstić information content (AvgIpc) is 3.36. The fourth-order valence-corrected chi connectivity index (χ4v) is 3.98. The first kappa shape index (κ1) is 22.5. The van der Waals surface area contributed by atoms with Gasteiger partial charge in [0.1, 0.15) is 6.61 Å². The molecule has 1 fully saturated rings. The van der Waals surface area contributed by atoms with Crippen molar-refractivity contribution < 1.29 is 19.0 Å². The molecule has 1 saturated heterocycles. The van der Waals surface area contributed by atoms with Crippen LogP contribution in [0.15, 0.2) is 59.9 Å². The van der Waals surface area contributed by atoms with Gasteiger partial charge in [-0.3, -0.25) is 9.59 Å². The summed E-state index contributed by atoms with van der Waals surface area (Å²) < 4.78 is 16.9. The van der Waals surface area contributed by atoms with E-state index < -0.39 is 0 Å². The van der Waals surface area contributed by atoms with Crippen LogP contribution in [0.2, 0.25) is 0 Å². The maximum Gasteiger partial charge on any atom is 0.275 e. The lowest BCUT2D eigenvalue weighted by atomic mass is 10.1. The van der Waals surface area contributed by atoms with Gasteiger partial charge < -0.3 is 19.1 Å². The van der Waals surface area contributed by atoms with E-state index in [0.29, 0.717) is 48.6 Å². The number of ether oxygens (including phenoxy) is 3. The zero-order valence-corrected chi connectivity index (χ0v) is 18.6. The second kappa shape index (κ2) is 10.3. The van der Waals surface area contributed by atoms with E-state index in [2.05, 4.69) is 16.8 Å². The van der Waals surface area contributed by atoms with Crippen molar-refractivity contribution in [2.75, 3.05) is 26.9 Å². The summed E-state index contributed by atoms with van der Waals surface area (Å²) in [7, 11) is 1.57. The minimum atomic E-state index is -0.326. The van der Waals surface area contributed by atoms with Gasteiger partial charge in [0.05, 0.1) is 18.6 Å². The molecule has 1 unspecified atom stereocenters. The molecule has 1 aliphatic heterocycles. The molecule has 1 amide bonds. The van der Waals surface area contributed by atoms with Gasteiger partial charge in [0.25, 0.3) is 11.5 Å². The van der Waals surface area contributed by atoms with E-state index in [0.717, 1.165) is 18.4 Å². The lowest BCUT2D eigenvalue weighted by molar-refractivity contribution is 0.0503. The zero-order valence-electron chi connectivity index (χ0n) is 18.6. The van der Waals surface area contributed by atoms with E-state index in [1.807, 2.05) is 18.2 Å². The SMILES string of the molecule is C=CCOc1ccc(CN(CC2CCCO2)C(=O)c2n[nH]c(=O)c3ccccc23)cc1OC. The zero-order chi connectivity index (χ0) is 23.2. The molecule has 0 spiro atoms. The second-order valence-electron chi connectivity index (χ2n) is 7.85. The summed E-state index contributed by atoms with van der Waals surface area (Å²) in [4.78, 5) is 27.5. The van der Waals surface area contributed by atoms with Crippen molar-refractivity contribution in [2.24, 2.45) is 0 Å². The van der Waals surface area contributed by atoms with E-state index in [1.54, 1.807) is 42.4 Å². The Morgan fingerprint density at radius 1 is 1.27 bits per heavy atom. The highest BCUT2D eigenvalue weighted by Gasteiger charge is 2.26. The molecular formula is C25H27N3O5. The molecule has 8 nitrogen and oxygen atoms in total. The number of aromatic nitrogens is 2. The number of amides is 1. The Bertz CT molecular complexity index is 1200. The molecule has 8 heteroatoms. The van der Waals surface area contributed by atoms with Crippen LogP contribution in [-0.2, 0) is 11.3 Å². The summed E-state index contributed by atoms with van der Waals surface area (Å²) in [6.07, 6.45) is 3.48. The van der Waals surface area contributed by atoms with Gasteiger partial charge in [-0.1, -0.05) is 36.9 Å². The summed E-state index contributed by atoms with van der Waals surface area (Å²) in [5, 5.41) is 7.51. The van der Waals surface area contributed by atoms with E-state index in [4.69, 9.17) is 14.2 Å². The molecule has 0 radical (unpaired) electrons. The predicted octanol–water partition coefficient (Wildman–Crippen LogP) is 3.32. The summed E-state index contributed by atoms with van der Waals surface area (Å²) in [5.74, 6) is 0.904. The summed E-state index contributed by atoms with van der Waals surface area (Å²) in [6.45, 7) is 5.46. The average molecular weight is 450 g/mol. The van der Waals surface area contributed by atoms with Gasteiger partial charge in [-0.15, -0.1) is 0 Å². The number of nitrogens with zero attached hydrogens (tertiary/aromatic N) is 2. The Labute approximate surface area is 191 Å². The van der Waals surface area contributed by atoms with E-state index in [-0.39, 0.29) is 23.3 Å². The number of hydrogen-bond acceptors (Lipinski definition) is 6. The Morgan fingerprint density at radius 3 is 2.82 bits per heavy atom. The highest BCUT2D eigenvalue weighted by molar-refractivity contribution is 6.04. The molecule has 1 atom stereocenters. The minimum Gasteiger partial charge on any atom is -0.493 e. The van der Waals surface area contributed by atoms with Crippen molar-refractivity contribution in [2.45, 2.75) is 25.5 Å². The number of fused-ring (bicyclic) bond motifs is 1. The Balaban J connectivity index is 1.66. The molecule has 172 valence electrons. The van der Waals surface area contributed by atoms with Gasteiger partial charge in [0.15, 0.2) is 17.2 Å². The molecule has 0 saturated carbocycles. The van der Waals surface area contributed by atoms with Crippen LogP contribution in [0, 0.1) is 0 Å². The van der Waals surface area contributed by atoms with Crippen LogP contribution in [0.4, 0.5) is 0 Å². The fraction of sp³-hybridized carbons (Fsp3) is 0.320. The maximum absolute atomic E-state index is 13.6. The third-order valence-corrected chi connectivity index (χ3v) is 5.59. The Kier molecular flexibility index (Phi) is 7.04. The quantitative estimate of drug-likeness (QED) is 0.504. The molecule has 0 bridgehead atoms. The molecule has 0 aliphatic carbocycles. The summed E-state index contributed by atoms with van der Waals surface area (Å²) in [5.41, 5.74) is 0.756. The first-order valence-corrected chi connectivity index (χ1v) is 10.9. The predicted molar refractivity (Wildman–Crippen MR) is 125 cm³/mol. The van der Waals surface area contributed by atoms with Crippen molar-refractivity contribution in [1.82, 2.24) is 15.1 Å². The van der Waals surface area contributed by atoms with Crippen molar-refractivity contribution in [3.05, 3.63) is 76.7 Å². The smallest absolute Gasteiger partial charge is 0.275 e. The van der Waals surface area contributed by atoms with Crippen LogP contribution in [0.25, 0.3) is 10.8 Å². The number of H-pyrrole nitrogens is 1. The molecule has 1 N–H and O–H groups in total. The molecule has 4 rings (SSSR count). The van der Waals surface area contributed by atoms with Crippen LogP contribution in [-0.4, -0.2) is 54.0 Å². The number of carbonyl (C=O) groups is 1. The third-order valence-electron chi connectivity index (χ3n) is 5.59. The topological polar surface area (TPSA) is 93.8 Å². The second-order valence-corrected chi connectivity index (χ2v) is 7.85. The van der Waals surface area contributed by atoms with Gasteiger partial charge in [-0.05, 0) is 36.6 Å².